The third kappa shape index (κ3) is 1.49. The van der Waals surface area contributed by atoms with Crippen molar-refractivity contribution in [3.05, 3.63) is 29.8 Å². The van der Waals surface area contributed by atoms with Gasteiger partial charge in [-0.25, -0.2) is 0 Å². The summed E-state index contributed by atoms with van der Waals surface area (Å²) in [4.78, 5) is 0. The second-order valence-electron chi connectivity index (χ2n) is 5.66. The predicted octanol–water partition coefficient (Wildman–Crippen LogP) is 3.81. The first-order valence-corrected chi connectivity index (χ1v) is 8.66. The Morgan fingerprint density at radius 3 is 2.35 bits per heavy atom. The van der Waals surface area contributed by atoms with E-state index in [1.807, 2.05) is 31.2 Å². The molecule has 92 valence electrons. The van der Waals surface area contributed by atoms with E-state index < -0.39 is 11.5 Å². The van der Waals surface area contributed by atoms with Crippen LogP contribution in [0.1, 0.15) is 12.5 Å². The number of hydrogen-bond acceptors (Lipinski definition) is 1. The summed E-state index contributed by atoms with van der Waals surface area (Å²) in [5, 5.41) is 0.987. The van der Waals surface area contributed by atoms with Crippen LogP contribution in [0.3, 0.4) is 0 Å². The molecule has 0 N–H and O–H groups in total. The van der Waals surface area contributed by atoms with Gasteiger partial charge in [-0.2, -0.15) is 0 Å². The van der Waals surface area contributed by atoms with Crippen LogP contribution in [0, 0.1) is 18.3 Å². The SMILES string of the molecule is Cc1ccc([P@@]2(=O)CC3C(Cl)(Cl)[C@@]3(C)C2)cc1. The van der Waals surface area contributed by atoms with Gasteiger partial charge in [0.1, 0.15) is 11.5 Å². The highest BCUT2D eigenvalue weighted by molar-refractivity contribution is 7.72. The van der Waals surface area contributed by atoms with E-state index in [9.17, 15) is 4.57 Å². The van der Waals surface area contributed by atoms with E-state index in [1.54, 1.807) is 0 Å². The first-order valence-electron chi connectivity index (χ1n) is 5.83. The van der Waals surface area contributed by atoms with Crippen molar-refractivity contribution < 1.29 is 4.57 Å². The number of aryl methyl sites for hydroxylation is 1. The molecule has 1 saturated carbocycles. The molecule has 1 aromatic rings. The van der Waals surface area contributed by atoms with E-state index >= 15 is 0 Å². The Morgan fingerprint density at radius 2 is 1.88 bits per heavy atom. The fourth-order valence-electron chi connectivity index (χ4n) is 3.11. The van der Waals surface area contributed by atoms with Crippen LogP contribution >= 0.6 is 30.3 Å². The highest BCUT2D eigenvalue weighted by Crippen LogP contribution is 2.81. The number of fused-ring (bicyclic) bond motifs is 1. The fourth-order valence-corrected chi connectivity index (χ4v) is 8.45. The van der Waals surface area contributed by atoms with Crippen molar-refractivity contribution in [3.63, 3.8) is 0 Å². The third-order valence-corrected chi connectivity index (χ3v) is 9.20. The van der Waals surface area contributed by atoms with Crippen LogP contribution < -0.4 is 5.30 Å². The van der Waals surface area contributed by atoms with Gasteiger partial charge in [-0.05, 0) is 6.92 Å². The number of rotatable bonds is 1. The van der Waals surface area contributed by atoms with Gasteiger partial charge >= 0.3 is 0 Å². The molecule has 1 saturated heterocycles. The van der Waals surface area contributed by atoms with Gasteiger partial charge in [0, 0.05) is 29.0 Å². The zero-order valence-corrected chi connectivity index (χ0v) is 12.3. The maximum Gasteiger partial charge on any atom is 0.128 e. The zero-order chi connectivity index (χ0) is 12.5. The summed E-state index contributed by atoms with van der Waals surface area (Å²) < 4.78 is 12.3. The molecule has 0 amide bonds. The first-order chi connectivity index (χ1) is 7.80. The van der Waals surface area contributed by atoms with Crippen LogP contribution in [0.2, 0.25) is 0 Å². The van der Waals surface area contributed by atoms with Crippen molar-refractivity contribution in [2.75, 3.05) is 12.3 Å². The van der Waals surface area contributed by atoms with Crippen LogP contribution in [0.15, 0.2) is 24.3 Å². The van der Waals surface area contributed by atoms with Gasteiger partial charge < -0.3 is 4.57 Å². The Kier molecular flexibility index (Phi) is 2.36. The van der Waals surface area contributed by atoms with Gasteiger partial charge in [0.2, 0.25) is 0 Å². The number of benzene rings is 1. The highest BCUT2D eigenvalue weighted by atomic mass is 35.5. The van der Waals surface area contributed by atoms with Gasteiger partial charge in [0.25, 0.3) is 0 Å². The topological polar surface area (TPSA) is 17.1 Å². The van der Waals surface area contributed by atoms with E-state index in [1.165, 1.54) is 5.56 Å². The van der Waals surface area contributed by atoms with Crippen LogP contribution in [-0.2, 0) is 4.57 Å². The zero-order valence-electron chi connectivity index (χ0n) is 9.91. The van der Waals surface area contributed by atoms with Gasteiger partial charge in [-0.3, -0.25) is 0 Å². The van der Waals surface area contributed by atoms with Gasteiger partial charge in [0.05, 0.1) is 0 Å². The van der Waals surface area contributed by atoms with E-state index in [-0.39, 0.29) is 11.3 Å². The molecule has 1 nitrogen and oxygen atoms in total. The minimum absolute atomic E-state index is 0.142. The molecule has 0 aromatic heterocycles. The second kappa shape index (κ2) is 3.32. The van der Waals surface area contributed by atoms with Crippen molar-refractivity contribution in [2.24, 2.45) is 11.3 Å². The lowest BCUT2D eigenvalue weighted by Gasteiger charge is -2.20. The average Bonchev–Trinajstić information content (AvgIpc) is 2.56. The quantitative estimate of drug-likeness (QED) is 0.567. The van der Waals surface area contributed by atoms with E-state index in [0.717, 1.165) is 5.30 Å². The molecular formula is C13H15Cl2OP. The second-order valence-corrected chi connectivity index (χ2v) is 10.0. The maximum absolute atomic E-state index is 12.9. The summed E-state index contributed by atoms with van der Waals surface area (Å²) >= 11 is 12.5. The molecule has 0 bridgehead atoms. The van der Waals surface area contributed by atoms with Crippen molar-refractivity contribution in [3.8, 4) is 0 Å². The molecule has 1 unspecified atom stereocenters. The van der Waals surface area contributed by atoms with E-state index in [0.29, 0.717) is 12.3 Å². The highest BCUT2D eigenvalue weighted by Gasteiger charge is 2.78. The smallest absolute Gasteiger partial charge is 0.128 e. The minimum Gasteiger partial charge on any atom is -0.319 e. The van der Waals surface area contributed by atoms with Gasteiger partial charge in [0.15, 0.2) is 0 Å². The molecule has 17 heavy (non-hydrogen) atoms. The Labute approximate surface area is 112 Å². The summed E-state index contributed by atoms with van der Waals surface area (Å²) in [6.07, 6.45) is 1.32. The summed E-state index contributed by atoms with van der Waals surface area (Å²) in [5.74, 6) is 0.200. The third-order valence-electron chi connectivity index (χ3n) is 4.45. The number of alkyl halides is 2. The van der Waals surface area contributed by atoms with Crippen molar-refractivity contribution in [1.82, 2.24) is 0 Å². The number of halogens is 2. The Bertz CT molecular complexity index is 523. The molecule has 2 aliphatic rings. The van der Waals surface area contributed by atoms with Crippen LogP contribution in [-0.4, -0.2) is 16.7 Å². The lowest BCUT2D eigenvalue weighted by Crippen LogP contribution is -2.17. The fraction of sp³-hybridized carbons (Fsp3) is 0.538. The normalized spacial score (nSPS) is 42.2. The minimum atomic E-state index is -2.26. The molecule has 3 atom stereocenters. The lowest BCUT2D eigenvalue weighted by atomic mass is 10.1. The molecule has 1 aliphatic heterocycles. The molecule has 2 fully saturated rings. The van der Waals surface area contributed by atoms with E-state index in [4.69, 9.17) is 23.2 Å². The van der Waals surface area contributed by atoms with Gasteiger partial charge in [-0.1, -0.05) is 36.8 Å². The Morgan fingerprint density at radius 1 is 1.29 bits per heavy atom. The van der Waals surface area contributed by atoms with Crippen molar-refractivity contribution in [2.45, 2.75) is 18.2 Å². The standard InChI is InChI=1S/C13H15Cl2OP/c1-9-3-5-10(6-4-9)17(16)7-11-12(2,8-17)13(11,14)15/h3-6,11H,7-8H2,1-2H3/t11?,12-,17+/m0/s1. The predicted molar refractivity (Wildman–Crippen MR) is 74.2 cm³/mol. The average molecular weight is 289 g/mol. The van der Waals surface area contributed by atoms with Crippen molar-refractivity contribution >= 4 is 35.6 Å². The van der Waals surface area contributed by atoms with Crippen LogP contribution in [0.5, 0.6) is 0 Å². The summed E-state index contributed by atoms with van der Waals surface area (Å²) in [6.45, 7) is 4.10. The Balaban J connectivity index is 1.93. The Hall–Kier alpha value is 0.0300. The van der Waals surface area contributed by atoms with Crippen LogP contribution in [0.25, 0.3) is 0 Å². The van der Waals surface area contributed by atoms with Gasteiger partial charge in [-0.15, -0.1) is 23.2 Å². The molecule has 0 radical (unpaired) electrons. The first kappa shape index (κ1) is 12.1. The lowest BCUT2D eigenvalue weighted by molar-refractivity contribution is 0.572. The molecule has 1 aliphatic carbocycles. The van der Waals surface area contributed by atoms with E-state index in [2.05, 4.69) is 6.92 Å². The van der Waals surface area contributed by atoms with Crippen LogP contribution in [0.4, 0.5) is 0 Å². The molecule has 3 rings (SSSR count). The molecule has 0 spiro atoms. The summed E-state index contributed by atoms with van der Waals surface area (Å²) in [7, 11) is -2.26. The molecule has 4 heteroatoms. The number of hydrogen-bond donors (Lipinski definition) is 0. The molecular weight excluding hydrogens is 274 g/mol. The molecule has 1 aromatic carbocycles. The molecule has 1 heterocycles. The summed E-state index contributed by atoms with van der Waals surface area (Å²) in [6, 6.07) is 8.04. The maximum atomic E-state index is 12.9. The summed E-state index contributed by atoms with van der Waals surface area (Å²) in [5.41, 5.74) is 1.05. The largest absolute Gasteiger partial charge is 0.319 e. The monoisotopic (exact) mass is 288 g/mol. The van der Waals surface area contributed by atoms with Crippen molar-refractivity contribution in [1.29, 1.82) is 0 Å².